The van der Waals surface area contributed by atoms with Gasteiger partial charge in [-0.25, -0.2) is 0 Å². The zero-order valence-corrected chi connectivity index (χ0v) is 11.8. The van der Waals surface area contributed by atoms with Gasteiger partial charge in [-0.15, -0.1) is 0 Å². The van der Waals surface area contributed by atoms with Gasteiger partial charge in [0.05, 0.1) is 0 Å². The Labute approximate surface area is 123 Å². The van der Waals surface area contributed by atoms with E-state index in [9.17, 15) is 4.79 Å². The molecule has 0 saturated carbocycles. The van der Waals surface area contributed by atoms with Gasteiger partial charge in [-0.3, -0.25) is 4.79 Å². The van der Waals surface area contributed by atoms with Crippen LogP contribution in [0, 0.1) is 6.92 Å². The Hall–Kier alpha value is -2.40. The number of amides is 1. The van der Waals surface area contributed by atoms with Crippen molar-refractivity contribution >= 4 is 34.6 Å². The lowest BCUT2D eigenvalue weighted by Gasteiger charge is -2.11. The van der Waals surface area contributed by atoms with Gasteiger partial charge in [-0.2, -0.15) is 0 Å². The molecule has 2 aromatic rings. The van der Waals surface area contributed by atoms with Gasteiger partial charge in [0.1, 0.15) is 0 Å². The predicted octanol–water partition coefficient (Wildman–Crippen LogP) is 2.90. The van der Waals surface area contributed by atoms with Crippen molar-refractivity contribution in [2.75, 3.05) is 10.6 Å². The molecule has 0 aliphatic heterocycles. The van der Waals surface area contributed by atoms with E-state index >= 15 is 0 Å². The van der Waals surface area contributed by atoms with Gasteiger partial charge in [-0.1, -0.05) is 17.7 Å². The summed E-state index contributed by atoms with van der Waals surface area (Å²) in [5.74, 6) is -0.447. The molecule has 0 saturated heterocycles. The van der Waals surface area contributed by atoms with E-state index in [0.29, 0.717) is 10.7 Å². The Bertz CT molecular complexity index is 621. The molecule has 2 rings (SSSR count). The van der Waals surface area contributed by atoms with Gasteiger partial charge in [-0.05, 0) is 55.5 Å². The second-order valence-electron chi connectivity index (χ2n) is 4.39. The van der Waals surface area contributed by atoms with E-state index in [1.165, 1.54) is 5.56 Å². The standard InChI is InChI=1S/C15H15N3OS/c1-10-2-6-12(7-3-10)17-15(20)18-13-8-4-11(5-9-13)14(16)19/h2-9H,1H3,(H2,16,19)(H2,17,18,20). The number of rotatable bonds is 3. The summed E-state index contributed by atoms with van der Waals surface area (Å²) in [6.07, 6.45) is 0. The molecule has 102 valence electrons. The van der Waals surface area contributed by atoms with Crippen molar-refractivity contribution in [3.8, 4) is 0 Å². The number of primary amides is 1. The van der Waals surface area contributed by atoms with Crippen molar-refractivity contribution in [1.82, 2.24) is 0 Å². The molecular weight excluding hydrogens is 270 g/mol. The molecule has 0 aliphatic carbocycles. The summed E-state index contributed by atoms with van der Waals surface area (Å²) in [6.45, 7) is 2.03. The Kier molecular flexibility index (Phi) is 4.32. The van der Waals surface area contributed by atoms with Crippen LogP contribution in [0.4, 0.5) is 11.4 Å². The molecule has 0 unspecified atom stereocenters. The van der Waals surface area contributed by atoms with Crippen molar-refractivity contribution in [2.24, 2.45) is 5.73 Å². The van der Waals surface area contributed by atoms with E-state index in [0.717, 1.165) is 11.4 Å². The number of hydrogen-bond donors (Lipinski definition) is 3. The lowest BCUT2D eigenvalue weighted by molar-refractivity contribution is 0.100. The SMILES string of the molecule is Cc1ccc(NC(=S)Nc2ccc(C(N)=O)cc2)cc1. The number of benzene rings is 2. The van der Waals surface area contributed by atoms with Gasteiger partial charge >= 0.3 is 0 Å². The number of aryl methyl sites for hydroxylation is 1. The minimum atomic E-state index is -0.447. The first kappa shape index (κ1) is 14.0. The van der Waals surface area contributed by atoms with Gasteiger partial charge < -0.3 is 16.4 Å². The van der Waals surface area contributed by atoms with Crippen LogP contribution in [-0.2, 0) is 0 Å². The molecule has 1 amide bonds. The van der Waals surface area contributed by atoms with Crippen LogP contribution in [-0.4, -0.2) is 11.0 Å². The van der Waals surface area contributed by atoms with E-state index in [-0.39, 0.29) is 0 Å². The summed E-state index contributed by atoms with van der Waals surface area (Å²) in [5, 5.41) is 6.61. The maximum Gasteiger partial charge on any atom is 0.248 e. The highest BCUT2D eigenvalue weighted by Crippen LogP contribution is 2.12. The Morgan fingerprint density at radius 1 is 0.950 bits per heavy atom. The van der Waals surface area contributed by atoms with Crippen LogP contribution in [0.3, 0.4) is 0 Å². The molecule has 0 radical (unpaired) electrons. The third kappa shape index (κ3) is 3.80. The van der Waals surface area contributed by atoms with Crippen LogP contribution in [0.15, 0.2) is 48.5 Å². The molecule has 0 fully saturated rings. The maximum atomic E-state index is 11.0. The van der Waals surface area contributed by atoms with Gasteiger partial charge in [0, 0.05) is 16.9 Å². The lowest BCUT2D eigenvalue weighted by Crippen LogP contribution is -2.19. The van der Waals surface area contributed by atoms with Crippen LogP contribution in [0.5, 0.6) is 0 Å². The third-order valence-electron chi connectivity index (χ3n) is 2.74. The molecule has 0 aliphatic rings. The van der Waals surface area contributed by atoms with Crippen LogP contribution in [0.25, 0.3) is 0 Å². The fourth-order valence-corrected chi connectivity index (χ4v) is 1.88. The average molecular weight is 285 g/mol. The number of carbonyl (C=O) groups is 1. The molecule has 4 N–H and O–H groups in total. The maximum absolute atomic E-state index is 11.0. The summed E-state index contributed by atoms with van der Waals surface area (Å²) in [7, 11) is 0. The summed E-state index contributed by atoms with van der Waals surface area (Å²) < 4.78 is 0. The van der Waals surface area contributed by atoms with E-state index in [2.05, 4.69) is 10.6 Å². The average Bonchev–Trinajstić information content (AvgIpc) is 2.42. The van der Waals surface area contributed by atoms with Crippen molar-refractivity contribution < 1.29 is 4.79 Å². The Morgan fingerprint density at radius 3 is 1.85 bits per heavy atom. The quantitative estimate of drug-likeness (QED) is 0.759. The monoisotopic (exact) mass is 285 g/mol. The summed E-state index contributed by atoms with van der Waals surface area (Å²) in [4.78, 5) is 11.0. The first-order valence-corrected chi connectivity index (χ1v) is 6.50. The third-order valence-corrected chi connectivity index (χ3v) is 2.94. The molecule has 5 heteroatoms. The molecule has 0 aromatic heterocycles. The van der Waals surface area contributed by atoms with Crippen LogP contribution < -0.4 is 16.4 Å². The molecule has 0 heterocycles. The van der Waals surface area contributed by atoms with E-state index < -0.39 is 5.91 Å². The van der Waals surface area contributed by atoms with Gasteiger partial charge in [0.25, 0.3) is 0 Å². The van der Waals surface area contributed by atoms with Crippen LogP contribution in [0.1, 0.15) is 15.9 Å². The summed E-state index contributed by atoms with van der Waals surface area (Å²) in [6, 6.07) is 14.7. The normalized spacial score (nSPS) is 9.85. The van der Waals surface area contributed by atoms with Crippen molar-refractivity contribution in [2.45, 2.75) is 6.92 Å². The highest BCUT2D eigenvalue weighted by molar-refractivity contribution is 7.80. The highest BCUT2D eigenvalue weighted by Gasteiger charge is 2.01. The molecule has 0 bridgehead atoms. The molecule has 0 spiro atoms. The number of nitrogens with two attached hydrogens (primary N) is 1. The van der Waals surface area contributed by atoms with Crippen molar-refractivity contribution in [3.63, 3.8) is 0 Å². The number of hydrogen-bond acceptors (Lipinski definition) is 2. The highest BCUT2D eigenvalue weighted by atomic mass is 32.1. The van der Waals surface area contributed by atoms with E-state index in [1.807, 2.05) is 31.2 Å². The summed E-state index contributed by atoms with van der Waals surface area (Å²) >= 11 is 5.22. The predicted molar refractivity (Wildman–Crippen MR) is 86.0 cm³/mol. The second-order valence-corrected chi connectivity index (χ2v) is 4.79. The molecule has 0 atom stereocenters. The van der Waals surface area contributed by atoms with Crippen molar-refractivity contribution in [1.29, 1.82) is 0 Å². The lowest BCUT2D eigenvalue weighted by atomic mass is 10.2. The molecule has 2 aromatic carbocycles. The number of anilines is 2. The largest absolute Gasteiger partial charge is 0.366 e. The zero-order chi connectivity index (χ0) is 14.5. The van der Waals surface area contributed by atoms with Crippen LogP contribution >= 0.6 is 12.2 Å². The van der Waals surface area contributed by atoms with Crippen molar-refractivity contribution in [3.05, 3.63) is 59.7 Å². The fraction of sp³-hybridized carbons (Fsp3) is 0.0667. The first-order valence-electron chi connectivity index (χ1n) is 6.09. The smallest absolute Gasteiger partial charge is 0.248 e. The number of nitrogens with one attached hydrogen (secondary N) is 2. The minimum absolute atomic E-state index is 0.447. The number of thiocarbonyl (C=S) groups is 1. The Balaban J connectivity index is 1.97. The molecular formula is C15H15N3OS. The summed E-state index contributed by atoms with van der Waals surface area (Å²) in [5.41, 5.74) is 8.55. The molecule has 20 heavy (non-hydrogen) atoms. The number of carbonyl (C=O) groups excluding carboxylic acids is 1. The van der Waals surface area contributed by atoms with Crippen LogP contribution in [0.2, 0.25) is 0 Å². The second kappa shape index (κ2) is 6.16. The minimum Gasteiger partial charge on any atom is -0.366 e. The fourth-order valence-electron chi connectivity index (χ4n) is 1.65. The zero-order valence-electron chi connectivity index (χ0n) is 11.0. The van der Waals surface area contributed by atoms with Gasteiger partial charge in [0.2, 0.25) is 5.91 Å². The molecule has 4 nitrogen and oxygen atoms in total. The Morgan fingerprint density at radius 2 is 1.40 bits per heavy atom. The topological polar surface area (TPSA) is 67.2 Å². The van der Waals surface area contributed by atoms with E-state index in [4.69, 9.17) is 18.0 Å². The van der Waals surface area contributed by atoms with E-state index in [1.54, 1.807) is 24.3 Å². The first-order chi connectivity index (χ1) is 9.54. The van der Waals surface area contributed by atoms with Gasteiger partial charge in [0.15, 0.2) is 5.11 Å².